The van der Waals surface area contributed by atoms with Crippen LogP contribution in [-0.4, -0.2) is 20.4 Å². The molecule has 2 heterocycles. The summed E-state index contributed by atoms with van der Waals surface area (Å²) < 4.78 is 1.99. The van der Waals surface area contributed by atoms with Crippen molar-refractivity contribution in [1.29, 1.82) is 0 Å². The molecule has 1 amide bonds. The van der Waals surface area contributed by atoms with Crippen molar-refractivity contribution in [2.45, 2.75) is 20.4 Å². The molecule has 0 aliphatic carbocycles. The summed E-state index contributed by atoms with van der Waals surface area (Å²) in [7, 11) is 0. The molecule has 6 nitrogen and oxygen atoms in total. The minimum absolute atomic E-state index is 0.361. The van der Waals surface area contributed by atoms with Gasteiger partial charge in [0, 0.05) is 11.1 Å². The maximum Gasteiger partial charge on any atom is 0.294 e. The number of imidazole rings is 1. The molecule has 90 valence electrons. The van der Waals surface area contributed by atoms with Crippen LogP contribution in [0.3, 0.4) is 0 Å². The highest BCUT2D eigenvalue weighted by Gasteiger charge is 2.10. The van der Waals surface area contributed by atoms with Gasteiger partial charge in [-0.2, -0.15) is 0 Å². The first-order valence-corrected chi connectivity index (χ1v) is 5.93. The van der Waals surface area contributed by atoms with Gasteiger partial charge in [0.05, 0.1) is 24.3 Å². The Morgan fingerprint density at radius 1 is 1.59 bits per heavy atom. The number of nitrogens with two attached hydrogens (primary N) is 1. The van der Waals surface area contributed by atoms with E-state index in [-0.39, 0.29) is 5.91 Å². The second kappa shape index (κ2) is 4.64. The van der Waals surface area contributed by atoms with E-state index in [1.807, 2.05) is 23.8 Å². The fourth-order valence-electron chi connectivity index (χ4n) is 1.42. The maximum atomic E-state index is 11.2. The number of hydrazine groups is 1. The Bertz CT molecular complexity index is 545. The van der Waals surface area contributed by atoms with Crippen molar-refractivity contribution in [2.75, 3.05) is 0 Å². The van der Waals surface area contributed by atoms with Crippen LogP contribution in [0.25, 0.3) is 0 Å². The fourth-order valence-corrected chi connectivity index (χ4v) is 2.13. The smallest absolute Gasteiger partial charge is 0.294 e. The van der Waals surface area contributed by atoms with E-state index in [4.69, 9.17) is 5.84 Å². The van der Waals surface area contributed by atoms with Crippen LogP contribution in [0, 0.1) is 13.8 Å². The van der Waals surface area contributed by atoms with Crippen LogP contribution in [0.1, 0.15) is 26.9 Å². The van der Waals surface area contributed by atoms with Crippen LogP contribution in [0.15, 0.2) is 11.7 Å². The van der Waals surface area contributed by atoms with Crippen molar-refractivity contribution in [1.82, 2.24) is 20.0 Å². The van der Waals surface area contributed by atoms with Crippen molar-refractivity contribution >= 4 is 17.2 Å². The van der Waals surface area contributed by atoms with E-state index in [9.17, 15) is 4.79 Å². The Morgan fingerprint density at radius 2 is 2.35 bits per heavy atom. The minimum atomic E-state index is -0.361. The number of hydrogen-bond acceptors (Lipinski definition) is 5. The van der Waals surface area contributed by atoms with Gasteiger partial charge in [0.25, 0.3) is 5.91 Å². The van der Waals surface area contributed by atoms with Crippen molar-refractivity contribution in [2.24, 2.45) is 5.84 Å². The molecule has 0 aromatic carbocycles. The Hall–Kier alpha value is -1.73. The van der Waals surface area contributed by atoms with Crippen molar-refractivity contribution in [3.8, 4) is 0 Å². The summed E-state index contributed by atoms with van der Waals surface area (Å²) >= 11 is 1.28. The molecule has 17 heavy (non-hydrogen) atoms. The third-order valence-corrected chi connectivity index (χ3v) is 3.44. The van der Waals surface area contributed by atoms with Crippen LogP contribution in [0.2, 0.25) is 0 Å². The zero-order chi connectivity index (χ0) is 12.4. The highest BCUT2D eigenvalue weighted by atomic mass is 32.1. The number of nitrogen functional groups attached to an aromatic ring is 1. The van der Waals surface area contributed by atoms with Gasteiger partial charge in [0.2, 0.25) is 0 Å². The Morgan fingerprint density at radius 3 is 2.94 bits per heavy atom. The fraction of sp³-hybridized carbons (Fsp3) is 0.300. The lowest BCUT2D eigenvalue weighted by Gasteiger charge is -2.02. The van der Waals surface area contributed by atoms with Gasteiger partial charge < -0.3 is 4.57 Å². The number of thiazole rings is 1. The number of nitrogens with one attached hydrogen (secondary N) is 1. The monoisotopic (exact) mass is 251 g/mol. The zero-order valence-electron chi connectivity index (χ0n) is 9.60. The number of aryl methyl sites for hydroxylation is 1. The molecule has 0 aliphatic heterocycles. The van der Waals surface area contributed by atoms with Gasteiger partial charge in [0.1, 0.15) is 0 Å². The molecule has 0 radical (unpaired) electrons. The van der Waals surface area contributed by atoms with Gasteiger partial charge in [-0.1, -0.05) is 0 Å². The third-order valence-electron chi connectivity index (χ3n) is 2.55. The highest BCUT2D eigenvalue weighted by molar-refractivity contribution is 7.11. The first kappa shape index (κ1) is 11.7. The topological polar surface area (TPSA) is 85.8 Å². The van der Waals surface area contributed by atoms with Crippen LogP contribution < -0.4 is 11.3 Å². The van der Waals surface area contributed by atoms with E-state index in [0.29, 0.717) is 11.6 Å². The molecule has 0 bridgehead atoms. The third kappa shape index (κ3) is 2.34. The molecule has 0 spiro atoms. The summed E-state index contributed by atoms with van der Waals surface area (Å²) in [4.78, 5) is 19.7. The van der Waals surface area contributed by atoms with Crippen LogP contribution >= 0.6 is 11.3 Å². The Labute approximate surface area is 102 Å². The molecule has 0 aliphatic rings. The zero-order valence-corrected chi connectivity index (χ0v) is 10.4. The number of nitrogens with zero attached hydrogens (tertiary/aromatic N) is 3. The lowest BCUT2D eigenvalue weighted by atomic mass is 10.3. The molecule has 3 N–H and O–H groups in total. The van der Waals surface area contributed by atoms with E-state index in [1.54, 1.807) is 6.33 Å². The van der Waals surface area contributed by atoms with E-state index < -0.39 is 0 Å². The highest BCUT2D eigenvalue weighted by Crippen LogP contribution is 2.12. The number of carbonyl (C=O) groups is 1. The van der Waals surface area contributed by atoms with Gasteiger partial charge in [-0.3, -0.25) is 10.2 Å². The second-order valence-corrected chi connectivity index (χ2v) is 4.52. The average Bonchev–Trinajstić information content (AvgIpc) is 2.91. The second-order valence-electron chi connectivity index (χ2n) is 3.66. The van der Waals surface area contributed by atoms with E-state index >= 15 is 0 Å². The molecule has 2 aromatic heterocycles. The average molecular weight is 251 g/mol. The Kier molecular flexibility index (Phi) is 3.21. The van der Waals surface area contributed by atoms with Crippen LogP contribution in [0.5, 0.6) is 0 Å². The summed E-state index contributed by atoms with van der Waals surface area (Å²) in [5.74, 6) is 4.68. The predicted octanol–water partition coefficient (Wildman–Crippen LogP) is 0.608. The Balaban J connectivity index is 2.17. The maximum absolute atomic E-state index is 11.2. The molecule has 0 saturated carbocycles. The minimum Gasteiger partial charge on any atom is -0.329 e. The van der Waals surface area contributed by atoms with Gasteiger partial charge in [-0.15, -0.1) is 11.3 Å². The first-order chi connectivity index (χ1) is 8.11. The lowest BCUT2D eigenvalue weighted by Crippen LogP contribution is -2.29. The molecule has 0 saturated heterocycles. The summed E-state index contributed by atoms with van der Waals surface area (Å²) in [6.07, 6.45) is 1.77. The summed E-state index contributed by atoms with van der Waals surface area (Å²) in [6, 6.07) is 0. The first-order valence-electron chi connectivity index (χ1n) is 5.05. The lowest BCUT2D eigenvalue weighted by molar-refractivity contribution is 0.0953. The van der Waals surface area contributed by atoms with Crippen molar-refractivity contribution in [3.05, 3.63) is 33.8 Å². The van der Waals surface area contributed by atoms with E-state index in [2.05, 4.69) is 15.4 Å². The van der Waals surface area contributed by atoms with E-state index in [1.165, 1.54) is 11.3 Å². The van der Waals surface area contributed by atoms with Gasteiger partial charge >= 0.3 is 0 Å². The standard InChI is InChI=1S/C10H13N5OS/c1-6-7(2)15(5-12-6)3-8-4-17-10(13-8)9(16)14-11/h4-5H,3,11H2,1-2H3,(H,14,16). The summed E-state index contributed by atoms with van der Waals surface area (Å²) in [5, 5.41) is 2.22. The molecular formula is C10H13N5OS. The largest absolute Gasteiger partial charge is 0.329 e. The number of hydrogen-bond donors (Lipinski definition) is 2. The molecule has 2 rings (SSSR count). The van der Waals surface area contributed by atoms with Gasteiger partial charge in [0.15, 0.2) is 5.01 Å². The van der Waals surface area contributed by atoms with Crippen molar-refractivity contribution in [3.63, 3.8) is 0 Å². The van der Waals surface area contributed by atoms with E-state index in [0.717, 1.165) is 17.1 Å². The summed E-state index contributed by atoms with van der Waals surface area (Å²) in [5.41, 5.74) is 4.99. The molecule has 0 fully saturated rings. The number of aromatic nitrogens is 3. The van der Waals surface area contributed by atoms with Crippen LogP contribution in [0.4, 0.5) is 0 Å². The molecular weight excluding hydrogens is 238 g/mol. The summed E-state index contributed by atoms with van der Waals surface area (Å²) in [6.45, 7) is 4.57. The normalized spacial score (nSPS) is 10.5. The number of carbonyl (C=O) groups excluding carboxylic acids is 1. The SMILES string of the molecule is Cc1ncn(Cc2csc(C(=O)NN)n2)c1C. The molecule has 2 aromatic rings. The molecule has 0 unspecified atom stereocenters. The van der Waals surface area contributed by atoms with Gasteiger partial charge in [-0.25, -0.2) is 15.8 Å². The van der Waals surface area contributed by atoms with Gasteiger partial charge in [-0.05, 0) is 13.8 Å². The predicted molar refractivity (Wildman–Crippen MR) is 64.6 cm³/mol. The number of rotatable bonds is 3. The number of amides is 1. The van der Waals surface area contributed by atoms with Crippen LogP contribution in [-0.2, 0) is 6.54 Å². The molecule has 0 atom stereocenters. The quantitative estimate of drug-likeness (QED) is 0.475. The van der Waals surface area contributed by atoms with Crippen molar-refractivity contribution < 1.29 is 4.79 Å². The molecule has 7 heteroatoms.